The highest BCUT2D eigenvalue weighted by Gasteiger charge is 2.24. The van der Waals surface area contributed by atoms with Crippen LogP contribution in [0, 0.1) is 5.92 Å². The average Bonchev–Trinajstić information content (AvgIpc) is 2.49. The molecule has 1 aromatic carbocycles. The number of rotatable bonds is 6. The average molecular weight is 278 g/mol. The second-order valence-electron chi connectivity index (χ2n) is 5.45. The molecule has 0 radical (unpaired) electrons. The van der Waals surface area contributed by atoms with Crippen molar-refractivity contribution in [2.45, 2.75) is 25.8 Å². The van der Waals surface area contributed by atoms with Gasteiger partial charge < -0.3 is 15.2 Å². The Morgan fingerprint density at radius 2 is 1.95 bits per heavy atom. The van der Waals surface area contributed by atoms with Crippen LogP contribution in [0.1, 0.15) is 19.8 Å². The molecule has 1 fully saturated rings. The van der Waals surface area contributed by atoms with E-state index in [0.717, 1.165) is 50.6 Å². The molecule has 2 N–H and O–H groups in total. The Labute approximate surface area is 121 Å². The van der Waals surface area contributed by atoms with Gasteiger partial charge in [0, 0.05) is 19.1 Å². The first-order chi connectivity index (χ1) is 9.72. The highest BCUT2D eigenvalue weighted by atomic mass is 16.5. The van der Waals surface area contributed by atoms with Gasteiger partial charge in [-0.3, -0.25) is 4.90 Å². The first kappa shape index (κ1) is 15.1. The second-order valence-corrected chi connectivity index (χ2v) is 5.45. The standard InChI is InChI=1S/C16H26N2O2/c1-3-13-12-18(9-8-16(13)17)10-11-20-15-6-4-14(19-2)5-7-15/h4-7,13,16H,3,8-12,17H2,1-2H3. The van der Waals surface area contributed by atoms with Crippen LogP contribution in [0.25, 0.3) is 0 Å². The zero-order valence-electron chi connectivity index (χ0n) is 12.5. The zero-order chi connectivity index (χ0) is 14.4. The molecule has 0 amide bonds. The number of piperidine rings is 1. The van der Waals surface area contributed by atoms with E-state index < -0.39 is 0 Å². The van der Waals surface area contributed by atoms with Gasteiger partial charge in [0.15, 0.2) is 0 Å². The molecule has 1 aliphatic rings. The first-order valence-corrected chi connectivity index (χ1v) is 7.47. The van der Waals surface area contributed by atoms with E-state index in [0.29, 0.717) is 12.0 Å². The SMILES string of the molecule is CCC1CN(CCOc2ccc(OC)cc2)CCC1N. The van der Waals surface area contributed by atoms with Crippen molar-refractivity contribution in [1.82, 2.24) is 4.90 Å². The van der Waals surface area contributed by atoms with Crippen LogP contribution >= 0.6 is 0 Å². The van der Waals surface area contributed by atoms with Crippen LogP contribution in [0.15, 0.2) is 24.3 Å². The molecule has 20 heavy (non-hydrogen) atoms. The van der Waals surface area contributed by atoms with Crippen molar-refractivity contribution < 1.29 is 9.47 Å². The van der Waals surface area contributed by atoms with Gasteiger partial charge in [-0.05, 0) is 43.1 Å². The number of hydrogen-bond acceptors (Lipinski definition) is 4. The summed E-state index contributed by atoms with van der Waals surface area (Å²) in [4.78, 5) is 2.46. The van der Waals surface area contributed by atoms with Crippen molar-refractivity contribution in [2.75, 3.05) is 33.4 Å². The van der Waals surface area contributed by atoms with Crippen molar-refractivity contribution in [3.8, 4) is 11.5 Å². The van der Waals surface area contributed by atoms with E-state index in [2.05, 4.69) is 11.8 Å². The molecule has 112 valence electrons. The molecule has 0 aromatic heterocycles. The summed E-state index contributed by atoms with van der Waals surface area (Å²) in [7, 11) is 1.67. The van der Waals surface area contributed by atoms with Crippen LogP contribution < -0.4 is 15.2 Å². The Hall–Kier alpha value is -1.26. The van der Waals surface area contributed by atoms with Gasteiger partial charge in [-0.2, -0.15) is 0 Å². The van der Waals surface area contributed by atoms with Gasteiger partial charge in [0.1, 0.15) is 18.1 Å². The van der Waals surface area contributed by atoms with Crippen LogP contribution in [0.2, 0.25) is 0 Å². The van der Waals surface area contributed by atoms with Crippen molar-refractivity contribution in [2.24, 2.45) is 11.7 Å². The number of ether oxygens (including phenoxy) is 2. The molecule has 0 bridgehead atoms. The fourth-order valence-electron chi connectivity index (χ4n) is 2.73. The van der Waals surface area contributed by atoms with Crippen molar-refractivity contribution in [3.63, 3.8) is 0 Å². The minimum atomic E-state index is 0.374. The summed E-state index contributed by atoms with van der Waals surface area (Å²) in [5.74, 6) is 2.38. The summed E-state index contributed by atoms with van der Waals surface area (Å²) >= 11 is 0. The minimum absolute atomic E-state index is 0.374. The van der Waals surface area contributed by atoms with E-state index in [-0.39, 0.29) is 0 Å². The van der Waals surface area contributed by atoms with Crippen molar-refractivity contribution >= 4 is 0 Å². The highest BCUT2D eigenvalue weighted by Crippen LogP contribution is 2.19. The minimum Gasteiger partial charge on any atom is -0.497 e. The van der Waals surface area contributed by atoms with E-state index in [4.69, 9.17) is 15.2 Å². The van der Waals surface area contributed by atoms with E-state index in [1.165, 1.54) is 0 Å². The van der Waals surface area contributed by atoms with Crippen molar-refractivity contribution in [1.29, 1.82) is 0 Å². The first-order valence-electron chi connectivity index (χ1n) is 7.47. The molecule has 1 aliphatic heterocycles. The molecule has 0 saturated carbocycles. The molecule has 1 saturated heterocycles. The molecular weight excluding hydrogens is 252 g/mol. The third kappa shape index (κ3) is 4.12. The fraction of sp³-hybridized carbons (Fsp3) is 0.625. The lowest BCUT2D eigenvalue weighted by Gasteiger charge is -2.36. The van der Waals surface area contributed by atoms with Gasteiger partial charge in [-0.25, -0.2) is 0 Å². The van der Waals surface area contributed by atoms with Crippen LogP contribution in [-0.2, 0) is 0 Å². The molecule has 2 unspecified atom stereocenters. The number of nitrogens with two attached hydrogens (primary N) is 1. The van der Waals surface area contributed by atoms with Crippen LogP contribution in [0.3, 0.4) is 0 Å². The summed E-state index contributed by atoms with van der Waals surface area (Å²) in [5.41, 5.74) is 6.13. The van der Waals surface area contributed by atoms with E-state index >= 15 is 0 Å². The van der Waals surface area contributed by atoms with Gasteiger partial charge in [0.2, 0.25) is 0 Å². The van der Waals surface area contributed by atoms with Crippen LogP contribution in [0.5, 0.6) is 11.5 Å². The molecule has 4 nitrogen and oxygen atoms in total. The lowest BCUT2D eigenvalue weighted by Crippen LogP contribution is -2.47. The predicted molar refractivity (Wildman–Crippen MR) is 81.3 cm³/mol. The number of nitrogens with zero attached hydrogens (tertiary/aromatic N) is 1. The zero-order valence-corrected chi connectivity index (χ0v) is 12.5. The van der Waals surface area contributed by atoms with Crippen LogP contribution in [-0.4, -0.2) is 44.3 Å². The molecule has 2 rings (SSSR count). The van der Waals surface area contributed by atoms with E-state index in [9.17, 15) is 0 Å². The normalized spacial score (nSPS) is 23.6. The summed E-state index contributed by atoms with van der Waals surface area (Å²) in [5, 5.41) is 0. The third-order valence-corrected chi connectivity index (χ3v) is 4.14. The lowest BCUT2D eigenvalue weighted by molar-refractivity contribution is 0.130. The Morgan fingerprint density at radius 3 is 2.60 bits per heavy atom. The number of likely N-dealkylation sites (tertiary alicyclic amines) is 1. The number of hydrogen-bond donors (Lipinski definition) is 1. The summed E-state index contributed by atoms with van der Waals surface area (Å²) in [6.45, 7) is 6.10. The Balaban J connectivity index is 1.72. The lowest BCUT2D eigenvalue weighted by atomic mass is 9.91. The summed E-state index contributed by atoms with van der Waals surface area (Å²) in [6, 6.07) is 8.10. The smallest absolute Gasteiger partial charge is 0.119 e. The van der Waals surface area contributed by atoms with Gasteiger partial charge in [0.25, 0.3) is 0 Å². The maximum atomic E-state index is 6.13. The molecule has 0 spiro atoms. The monoisotopic (exact) mass is 278 g/mol. The maximum Gasteiger partial charge on any atom is 0.119 e. The van der Waals surface area contributed by atoms with E-state index in [1.807, 2.05) is 24.3 Å². The van der Waals surface area contributed by atoms with E-state index in [1.54, 1.807) is 7.11 Å². The Bertz CT molecular complexity index is 394. The third-order valence-electron chi connectivity index (χ3n) is 4.14. The quantitative estimate of drug-likeness (QED) is 0.866. The number of benzene rings is 1. The molecule has 2 atom stereocenters. The van der Waals surface area contributed by atoms with Gasteiger partial charge in [-0.1, -0.05) is 13.3 Å². The molecular formula is C16H26N2O2. The molecule has 1 heterocycles. The second kappa shape index (κ2) is 7.50. The number of methoxy groups -OCH3 is 1. The largest absolute Gasteiger partial charge is 0.497 e. The maximum absolute atomic E-state index is 6.13. The molecule has 4 heteroatoms. The van der Waals surface area contributed by atoms with Gasteiger partial charge >= 0.3 is 0 Å². The molecule has 0 aliphatic carbocycles. The Morgan fingerprint density at radius 1 is 1.25 bits per heavy atom. The van der Waals surface area contributed by atoms with Gasteiger partial charge in [-0.15, -0.1) is 0 Å². The summed E-state index contributed by atoms with van der Waals surface area (Å²) in [6.07, 6.45) is 2.26. The predicted octanol–water partition coefficient (Wildman–Crippen LogP) is 2.13. The van der Waals surface area contributed by atoms with Crippen molar-refractivity contribution in [3.05, 3.63) is 24.3 Å². The Kier molecular flexibility index (Phi) is 5.68. The van der Waals surface area contributed by atoms with Crippen LogP contribution in [0.4, 0.5) is 0 Å². The molecule has 1 aromatic rings. The summed E-state index contributed by atoms with van der Waals surface area (Å²) < 4.78 is 10.9. The van der Waals surface area contributed by atoms with Gasteiger partial charge in [0.05, 0.1) is 7.11 Å². The fourth-order valence-corrected chi connectivity index (χ4v) is 2.73. The topological polar surface area (TPSA) is 47.7 Å². The highest BCUT2D eigenvalue weighted by molar-refractivity contribution is 5.31.